The van der Waals surface area contributed by atoms with Crippen LogP contribution in [0, 0.1) is 6.92 Å². The number of aromatic nitrogens is 2. The van der Waals surface area contributed by atoms with Crippen LogP contribution in [-0.2, 0) is 0 Å². The third-order valence-corrected chi connectivity index (χ3v) is 2.91. The van der Waals surface area contributed by atoms with Crippen LogP contribution in [0.4, 0.5) is 5.82 Å². The quantitative estimate of drug-likeness (QED) is 0.875. The molecule has 1 aromatic carbocycles. The average Bonchev–Trinajstić information content (AvgIpc) is 2.45. The molecular weight excluding hydrogens is 277 g/mol. The van der Waals surface area contributed by atoms with Gasteiger partial charge in [0, 0.05) is 21.3 Å². The molecule has 2 rings (SSSR count). The molecule has 0 spiro atoms. The SMILES string of the molecule is Cc1cc(N)nn1-c1ccc(Cl)cc1Br. The van der Waals surface area contributed by atoms with Crippen LogP contribution >= 0.6 is 27.5 Å². The van der Waals surface area contributed by atoms with Gasteiger partial charge in [-0.05, 0) is 41.1 Å². The summed E-state index contributed by atoms with van der Waals surface area (Å²) in [5.41, 5.74) is 7.53. The van der Waals surface area contributed by atoms with E-state index in [2.05, 4.69) is 21.0 Å². The van der Waals surface area contributed by atoms with Gasteiger partial charge in [-0.15, -0.1) is 0 Å². The van der Waals surface area contributed by atoms with Gasteiger partial charge in [0.05, 0.1) is 5.69 Å². The first-order valence-electron chi connectivity index (χ1n) is 4.35. The molecule has 0 atom stereocenters. The summed E-state index contributed by atoms with van der Waals surface area (Å²) >= 11 is 9.31. The summed E-state index contributed by atoms with van der Waals surface area (Å²) in [5, 5.41) is 4.88. The van der Waals surface area contributed by atoms with Crippen LogP contribution in [0.5, 0.6) is 0 Å². The molecule has 0 aliphatic carbocycles. The van der Waals surface area contributed by atoms with E-state index in [0.717, 1.165) is 15.9 Å². The van der Waals surface area contributed by atoms with Crippen molar-refractivity contribution in [1.29, 1.82) is 0 Å². The summed E-state index contributed by atoms with van der Waals surface area (Å²) in [4.78, 5) is 0. The summed E-state index contributed by atoms with van der Waals surface area (Å²) in [6.07, 6.45) is 0. The van der Waals surface area contributed by atoms with E-state index in [9.17, 15) is 0 Å². The number of anilines is 1. The van der Waals surface area contributed by atoms with Crippen LogP contribution in [0.25, 0.3) is 5.69 Å². The number of halogens is 2. The fourth-order valence-electron chi connectivity index (χ4n) is 1.40. The van der Waals surface area contributed by atoms with Crippen LogP contribution in [0.1, 0.15) is 5.69 Å². The lowest BCUT2D eigenvalue weighted by atomic mass is 10.3. The number of nitrogens with zero attached hydrogens (tertiary/aromatic N) is 2. The number of nitrogen functional groups attached to an aromatic ring is 1. The van der Waals surface area contributed by atoms with Gasteiger partial charge in [0.2, 0.25) is 0 Å². The normalized spacial score (nSPS) is 10.6. The first-order valence-corrected chi connectivity index (χ1v) is 5.52. The van der Waals surface area contributed by atoms with Gasteiger partial charge in [0.15, 0.2) is 0 Å². The van der Waals surface area contributed by atoms with Crippen LogP contribution in [0.2, 0.25) is 5.02 Å². The first kappa shape index (κ1) is 10.5. The molecule has 1 aromatic heterocycles. The number of nitrogens with two attached hydrogens (primary N) is 1. The zero-order chi connectivity index (χ0) is 11.0. The topological polar surface area (TPSA) is 43.8 Å². The van der Waals surface area contributed by atoms with E-state index in [0.29, 0.717) is 10.8 Å². The molecule has 2 aromatic rings. The highest BCUT2D eigenvalue weighted by atomic mass is 79.9. The zero-order valence-electron chi connectivity index (χ0n) is 8.04. The van der Waals surface area contributed by atoms with E-state index in [1.807, 2.05) is 31.2 Å². The molecule has 2 N–H and O–H groups in total. The third kappa shape index (κ3) is 2.01. The lowest BCUT2D eigenvalue weighted by Gasteiger charge is -2.06. The van der Waals surface area contributed by atoms with Crippen molar-refractivity contribution in [3.05, 3.63) is 39.5 Å². The summed E-state index contributed by atoms with van der Waals surface area (Å²) in [6.45, 7) is 1.95. The Balaban J connectivity index is 2.59. The largest absolute Gasteiger partial charge is 0.382 e. The lowest BCUT2D eigenvalue weighted by molar-refractivity contribution is 0.847. The average molecular weight is 287 g/mol. The fourth-order valence-corrected chi connectivity index (χ4v) is 2.25. The van der Waals surface area contributed by atoms with Gasteiger partial charge in [0.1, 0.15) is 5.82 Å². The van der Waals surface area contributed by atoms with Gasteiger partial charge in [-0.1, -0.05) is 11.6 Å². The molecule has 3 nitrogen and oxygen atoms in total. The number of aryl methyl sites for hydroxylation is 1. The van der Waals surface area contributed by atoms with Crippen LogP contribution in [-0.4, -0.2) is 9.78 Å². The Kier molecular flexibility index (Phi) is 2.71. The third-order valence-electron chi connectivity index (χ3n) is 2.04. The summed E-state index contributed by atoms with van der Waals surface area (Å²) < 4.78 is 2.66. The Morgan fingerprint density at radius 2 is 2.13 bits per heavy atom. The van der Waals surface area contributed by atoms with Crippen LogP contribution in [0.3, 0.4) is 0 Å². The molecule has 0 aliphatic heterocycles. The number of hydrogen-bond acceptors (Lipinski definition) is 2. The Bertz CT molecular complexity index is 507. The standard InChI is InChI=1S/C10H9BrClN3/c1-6-4-10(13)14-15(6)9-3-2-7(12)5-8(9)11/h2-5H,1H3,(H2,13,14). The molecule has 15 heavy (non-hydrogen) atoms. The molecule has 0 unspecified atom stereocenters. The fraction of sp³-hybridized carbons (Fsp3) is 0.100. The second kappa shape index (κ2) is 3.87. The smallest absolute Gasteiger partial charge is 0.146 e. The van der Waals surface area contributed by atoms with E-state index in [1.165, 1.54) is 0 Å². The molecule has 0 aliphatic rings. The molecular formula is C10H9BrClN3. The molecule has 0 fully saturated rings. The minimum Gasteiger partial charge on any atom is -0.382 e. The van der Waals surface area contributed by atoms with Gasteiger partial charge in [0.25, 0.3) is 0 Å². The van der Waals surface area contributed by atoms with Crippen molar-refractivity contribution in [1.82, 2.24) is 9.78 Å². The van der Waals surface area contributed by atoms with Crippen molar-refractivity contribution in [3.63, 3.8) is 0 Å². The maximum Gasteiger partial charge on any atom is 0.146 e. The molecule has 78 valence electrons. The minimum atomic E-state index is 0.509. The molecule has 0 amide bonds. The molecule has 0 radical (unpaired) electrons. The van der Waals surface area contributed by atoms with E-state index in [-0.39, 0.29) is 0 Å². The zero-order valence-corrected chi connectivity index (χ0v) is 10.4. The first-order chi connectivity index (χ1) is 7.08. The van der Waals surface area contributed by atoms with E-state index >= 15 is 0 Å². The Morgan fingerprint density at radius 1 is 1.40 bits per heavy atom. The molecule has 0 saturated heterocycles. The van der Waals surface area contributed by atoms with Crippen LogP contribution < -0.4 is 5.73 Å². The van der Waals surface area contributed by atoms with Crippen molar-refractivity contribution in [2.45, 2.75) is 6.92 Å². The molecule has 1 heterocycles. The number of benzene rings is 1. The van der Waals surface area contributed by atoms with E-state index in [1.54, 1.807) is 4.68 Å². The van der Waals surface area contributed by atoms with E-state index < -0.39 is 0 Å². The van der Waals surface area contributed by atoms with Gasteiger partial charge < -0.3 is 5.73 Å². The number of rotatable bonds is 1. The summed E-state index contributed by atoms with van der Waals surface area (Å²) in [5.74, 6) is 0.509. The second-order valence-corrected chi connectivity index (χ2v) is 4.51. The highest BCUT2D eigenvalue weighted by molar-refractivity contribution is 9.10. The molecule has 0 bridgehead atoms. The monoisotopic (exact) mass is 285 g/mol. The molecule has 5 heteroatoms. The van der Waals surface area contributed by atoms with Gasteiger partial charge in [-0.25, -0.2) is 4.68 Å². The van der Waals surface area contributed by atoms with Crippen molar-refractivity contribution in [3.8, 4) is 5.69 Å². The van der Waals surface area contributed by atoms with Crippen molar-refractivity contribution in [2.24, 2.45) is 0 Å². The Morgan fingerprint density at radius 3 is 2.67 bits per heavy atom. The van der Waals surface area contributed by atoms with E-state index in [4.69, 9.17) is 17.3 Å². The molecule has 0 saturated carbocycles. The maximum absolute atomic E-state index is 5.87. The highest BCUT2D eigenvalue weighted by Crippen LogP contribution is 2.25. The summed E-state index contributed by atoms with van der Waals surface area (Å²) in [7, 11) is 0. The predicted molar refractivity (Wildman–Crippen MR) is 65.4 cm³/mol. The Labute approximate surface area is 101 Å². The number of hydrogen-bond donors (Lipinski definition) is 1. The van der Waals surface area contributed by atoms with Gasteiger partial charge in [-0.3, -0.25) is 0 Å². The second-order valence-electron chi connectivity index (χ2n) is 3.22. The van der Waals surface area contributed by atoms with Gasteiger partial charge >= 0.3 is 0 Å². The highest BCUT2D eigenvalue weighted by Gasteiger charge is 2.07. The van der Waals surface area contributed by atoms with Gasteiger partial charge in [-0.2, -0.15) is 5.10 Å². The summed E-state index contributed by atoms with van der Waals surface area (Å²) in [6, 6.07) is 7.36. The van der Waals surface area contributed by atoms with Crippen molar-refractivity contribution in [2.75, 3.05) is 5.73 Å². The minimum absolute atomic E-state index is 0.509. The van der Waals surface area contributed by atoms with Crippen molar-refractivity contribution >= 4 is 33.3 Å². The van der Waals surface area contributed by atoms with Crippen LogP contribution in [0.15, 0.2) is 28.7 Å². The Hall–Kier alpha value is -1.000. The van der Waals surface area contributed by atoms with Crippen molar-refractivity contribution < 1.29 is 0 Å². The lowest BCUT2D eigenvalue weighted by Crippen LogP contribution is -2.00. The predicted octanol–water partition coefficient (Wildman–Crippen LogP) is 3.18. The maximum atomic E-state index is 5.87.